The van der Waals surface area contributed by atoms with Crippen LogP contribution in [-0.2, 0) is 10.0 Å². The molecule has 0 aliphatic carbocycles. The van der Waals surface area contributed by atoms with Crippen molar-refractivity contribution in [3.63, 3.8) is 0 Å². The summed E-state index contributed by atoms with van der Waals surface area (Å²) in [5.74, 6) is -0.670. The van der Waals surface area contributed by atoms with E-state index in [0.717, 1.165) is 24.3 Å². The number of thioether (sulfide) groups is 1. The lowest BCUT2D eigenvalue weighted by Gasteiger charge is -2.21. The quantitative estimate of drug-likeness (QED) is 0.542. The molecule has 0 amide bonds. The van der Waals surface area contributed by atoms with Crippen LogP contribution in [0.5, 0.6) is 0 Å². The average molecular weight is 428 g/mol. The van der Waals surface area contributed by atoms with Crippen molar-refractivity contribution in [1.29, 1.82) is 0 Å². The van der Waals surface area contributed by atoms with E-state index in [4.69, 9.17) is 0 Å². The molecular formula is C18H18F2N2O4S2. The minimum absolute atomic E-state index is 0.109. The summed E-state index contributed by atoms with van der Waals surface area (Å²) in [6.07, 6.45) is 0.304. The lowest BCUT2D eigenvalue weighted by atomic mass is 10.1. The zero-order valence-corrected chi connectivity index (χ0v) is 16.6. The Kier molecular flexibility index (Phi) is 6.01. The molecule has 10 heteroatoms. The van der Waals surface area contributed by atoms with Crippen LogP contribution in [0.15, 0.2) is 41.3 Å². The van der Waals surface area contributed by atoms with Gasteiger partial charge in [-0.05, 0) is 37.1 Å². The number of halogens is 2. The van der Waals surface area contributed by atoms with Crippen molar-refractivity contribution < 1.29 is 22.1 Å². The third-order valence-electron chi connectivity index (χ3n) is 4.61. The van der Waals surface area contributed by atoms with Crippen molar-refractivity contribution in [1.82, 2.24) is 4.31 Å². The fraction of sp³-hybridized carbons (Fsp3) is 0.333. The standard InChI is InChI=1S/C18H18F2N2O4S2/c1-12-2-4-14(22(23)24)11-18(12)28(25,26)21-7-6-17(27-9-8-21)15-10-13(19)3-5-16(15)20/h2-5,10-11,17H,6-9H2,1H3. The van der Waals surface area contributed by atoms with Crippen molar-refractivity contribution in [2.45, 2.75) is 23.5 Å². The third-order valence-corrected chi connectivity index (χ3v) is 7.96. The fourth-order valence-corrected chi connectivity index (χ4v) is 6.18. The highest BCUT2D eigenvalue weighted by molar-refractivity contribution is 7.99. The van der Waals surface area contributed by atoms with Crippen LogP contribution in [0.4, 0.5) is 14.5 Å². The summed E-state index contributed by atoms with van der Waals surface area (Å²) >= 11 is 1.37. The highest BCUT2D eigenvalue weighted by Gasteiger charge is 2.31. The summed E-state index contributed by atoms with van der Waals surface area (Å²) in [6, 6.07) is 6.98. The van der Waals surface area contributed by atoms with E-state index in [2.05, 4.69) is 0 Å². The number of nitrogens with zero attached hydrogens (tertiary/aromatic N) is 2. The first-order valence-corrected chi connectivity index (χ1v) is 11.0. The van der Waals surface area contributed by atoms with Gasteiger partial charge in [-0.1, -0.05) is 6.07 Å². The van der Waals surface area contributed by atoms with E-state index in [9.17, 15) is 27.3 Å². The van der Waals surface area contributed by atoms with Crippen LogP contribution < -0.4 is 0 Å². The Morgan fingerprint density at radius 3 is 2.64 bits per heavy atom. The minimum Gasteiger partial charge on any atom is -0.258 e. The number of aryl methyl sites for hydroxylation is 1. The van der Waals surface area contributed by atoms with E-state index in [1.807, 2.05) is 0 Å². The van der Waals surface area contributed by atoms with E-state index in [-0.39, 0.29) is 34.5 Å². The first-order valence-electron chi connectivity index (χ1n) is 8.52. The molecule has 1 atom stereocenters. The molecule has 1 saturated heterocycles. The van der Waals surface area contributed by atoms with Gasteiger partial charge in [-0.15, -0.1) is 0 Å². The summed E-state index contributed by atoms with van der Waals surface area (Å²) < 4.78 is 55.0. The van der Waals surface area contributed by atoms with Crippen molar-refractivity contribution >= 4 is 27.5 Å². The molecule has 3 rings (SSSR count). The predicted molar refractivity (Wildman–Crippen MR) is 103 cm³/mol. The summed E-state index contributed by atoms with van der Waals surface area (Å²) in [4.78, 5) is 10.3. The van der Waals surface area contributed by atoms with Crippen LogP contribution in [0.2, 0.25) is 0 Å². The maximum Gasteiger partial charge on any atom is 0.270 e. The Bertz CT molecular complexity index is 1010. The van der Waals surface area contributed by atoms with E-state index in [1.54, 1.807) is 6.92 Å². The van der Waals surface area contributed by atoms with Gasteiger partial charge in [0.05, 0.1) is 9.82 Å². The highest BCUT2D eigenvalue weighted by Crippen LogP contribution is 2.37. The second-order valence-corrected chi connectivity index (χ2v) is 9.64. The Hall–Kier alpha value is -2.04. The highest BCUT2D eigenvalue weighted by atomic mass is 32.2. The van der Waals surface area contributed by atoms with Gasteiger partial charge in [0.15, 0.2) is 0 Å². The van der Waals surface area contributed by atoms with Crippen molar-refractivity contribution in [2.24, 2.45) is 0 Å². The molecule has 2 aromatic carbocycles. The summed E-state index contributed by atoms with van der Waals surface area (Å²) in [6.45, 7) is 1.87. The van der Waals surface area contributed by atoms with Gasteiger partial charge in [0.1, 0.15) is 11.6 Å². The second-order valence-electron chi connectivity index (χ2n) is 6.42. The van der Waals surface area contributed by atoms with Crippen molar-refractivity contribution in [3.05, 3.63) is 69.3 Å². The number of nitro groups is 1. The molecule has 28 heavy (non-hydrogen) atoms. The number of sulfonamides is 1. The molecule has 0 saturated carbocycles. The molecular weight excluding hydrogens is 410 g/mol. The number of hydrogen-bond acceptors (Lipinski definition) is 5. The molecule has 0 aromatic heterocycles. The maximum absolute atomic E-state index is 14.1. The first kappa shape index (κ1) is 20.7. The second kappa shape index (κ2) is 8.14. The molecule has 1 aliphatic rings. The molecule has 0 radical (unpaired) electrons. The van der Waals surface area contributed by atoms with Gasteiger partial charge in [-0.2, -0.15) is 16.1 Å². The van der Waals surface area contributed by atoms with Crippen LogP contribution in [-0.4, -0.2) is 36.5 Å². The number of nitro benzene ring substituents is 1. The van der Waals surface area contributed by atoms with Gasteiger partial charge in [-0.3, -0.25) is 10.1 Å². The Labute approximate surface area is 165 Å². The monoisotopic (exact) mass is 428 g/mol. The molecule has 1 fully saturated rings. The Balaban J connectivity index is 1.86. The zero-order chi connectivity index (χ0) is 20.5. The topological polar surface area (TPSA) is 80.5 Å². The summed E-state index contributed by atoms with van der Waals surface area (Å²) in [5.41, 5.74) is 0.332. The molecule has 1 aliphatic heterocycles. The van der Waals surface area contributed by atoms with Crippen LogP contribution in [0.3, 0.4) is 0 Å². The van der Waals surface area contributed by atoms with Gasteiger partial charge >= 0.3 is 0 Å². The van der Waals surface area contributed by atoms with Gasteiger partial charge in [0, 0.05) is 41.8 Å². The van der Waals surface area contributed by atoms with Gasteiger partial charge < -0.3 is 0 Å². The largest absolute Gasteiger partial charge is 0.270 e. The summed E-state index contributed by atoms with van der Waals surface area (Å²) in [5, 5.41) is 10.6. The summed E-state index contributed by atoms with van der Waals surface area (Å²) in [7, 11) is -3.95. The van der Waals surface area contributed by atoms with Crippen molar-refractivity contribution in [2.75, 3.05) is 18.8 Å². The van der Waals surface area contributed by atoms with Gasteiger partial charge in [0.2, 0.25) is 10.0 Å². The normalized spacial score (nSPS) is 18.6. The van der Waals surface area contributed by atoms with E-state index >= 15 is 0 Å². The zero-order valence-electron chi connectivity index (χ0n) is 15.0. The average Bonchev–Trinajstić information content (AvgIpc) is 2.90. The Morgan fingerprint density at radius 1 is 1.18 bits per heavy atom. The lowest BCUT2D eigenvalue weighted by Crippen LogP contribution is -2.33. The molecule has 150 valence electrons. The SMILES string of the molecule is Cc1ccc([N+](=O)[O-])cc1S(=O)(=O)N1CCSC(c2cc(F)ccc2F)CC1. The molecule has 0 N–H and O–H groups in total. The lowest BCUT2D eigenvalue weighted by molar-refractivity contribution is -0.385. The number of benzene rings is 2. The van der Waals surface area contributed by atoms with Crippen LogP contribution >= 0.6 is 11.8 Å². The minimum atomic E-state index is -3.95. The van der Waals surface area contributed by atoms with Crippen LogP contribution in [0, 0.1) is 28.7 Å². The third kappa shape index (κ3) is 4.18. The molecule has 1 heterocycles. The van der Waals surface area contributed by atoms with Gasteiger partial charge in [-0.25, -0.2) is 17.2 Å². The first-order chi connectivity index (χ1) is 13.2. The van der Waals surface area contributed by atoms with Crippen LogP contribution in [0.25, 0.3) is 0 Å². The molecule has 0 bridgehead atoms. The molecule has 2 aromatic rings. The van der Waals surface area contributed by atoms with Crippen molar-refractivity contribution in [3.8, 4) is 0 Å². The Morgan fingerprint density at radius 2 is 1.93 bits per heavy atom. The van der Waals surface area contributed by atoms with Crippen LogP contribution in [0.1, 0.15) is 22.8 Å². The maximum atomic E-state index is 14.1. The van der Waals surface area contributed by atoms with E-state index < -0.39 is 26.6 Å². The number of rotatable bonds is 4. The molecule has 6 nitrogen and oxygen atoms in total. The smallest absolute Gasteiger partial charge is 0.258 e. The van der Waals surface area contributed by atoms with E-state index in [0.29, 0.717) is 17.7 Å². The fourth-order valence-electron chi connectivity index (χ4n) is 3.12. The molecule has 1 unspecified atom stereocenters. The van der Waals surface area contributed by atoms with E-state index in [1.165, 1.54) is 28.2 Å². The number of hydrogen-bond donors (Lipinski definition) is 0. The number of non-ortho nitro benzene ring substituents is 1. The predicted octanol–water partition coefficient (Wildman–Crippen LogP) is 4.05. The van der Waals surface area contributed by atoms with Gasteiger partial charge in [0.25, 0.3) is 5.69 Å². The molecule has 0 spiro atoms.